The number of carbonyl (C=O) groups is 1. The van der Waals surface area contributed by atoms with Gasteiger partial charge in [-0.05, 0) is 35.4 Å². The molecule has 0 unspecified atom stereocenters. The van der Waals surface area contributed by atoms with Gasteiger partial charge in [0.2, 0.25) is 5.82 Å². The van der Waals surface area contributed by atoms with Crippen molar-refractivity contribution in [1.82, 2.24) is 14.8 Å². The first-order valence-corrected chi connectivity index (χ1v) is 9.35. The largest absolute Gasteiger partial charge is 0.416 e. The van der Waals surface area contributed by atoms with E-state index in [-0.39, 0.29) is 28.9 Å². The molecule has 0 aliphatic carbocycles. The number of nitrogens with zero attached hydrogens (tertiary/aromatic N) is 4. The average molecular weight is 436 g/mol. The second-order valence-corrected chi connectivity index (χ2v) is 7.43. The van der Waals surface area contributed by atoms with Gasteiger partial charge in [-0.2, -0.15) is 22.0 Å². The van der Waals surface area contributed by atoms with E-state index >= 15 is 0 Å². The van der Waals surface area contributed by atoms with Crippen LogP contribution in [0.2, 0.25) is 0 Å². The minimum absolute atomic E-state index is 0.0438. The quantitative estimate of drug-likeness (QED) is 0.548. The van der Waals surface area contributed by atoms with E-state index in [4.69, 9.17) is 0 Å². The summed E-state index contributed by atoms with van der Waals surface area (Å²) in [6.07, 6.45) is -3.43. The van der Waals surface area contributed by atoms with Gasteiger partial charge in [0.05, 0.1) is 18.0 Å². The van der Waals surface area contributed by atoms with Crippen molar-refractivity contribution in [3.63, 3.8) is 0 Å². The first-order chi connectivity index (χ1) is 14.5. The predicted octanol–water partition coefficient (Wildman–Crippen LogP) is 4.89. The van der Waals surface area contributed by atoms with Crippen molar-refractivity contribution in [3.05, 3.63) is 76.9 Å². The van der Waals surface area contributed by atoms with Gasteiger partial charge < -0.3 is 9.47 Å². The lowest BCUT2D eigenvalue weighted by Gasteiger charge is -2.24. The molecular formula is C21H17F5N4O. The number of halogens is 5. The van der Waals surface area contributed by atoms with Crippen LogP contribution < -0.4 is 4.90 Å². The summed E-state index contributed by atoms with van der Waals surface area (Å²) < 4.78 is 71.1. The van der Waals surface area contributed by atoms with Crippen LogP contribution in [0.25, 0.3) is 0 Å². The van der Waals surface area contributed by atoms with Crippen LogP contribution >= 0.6 is 0 Å². The van der Waals surface area contributed by atoms with Gasteiger partial charge in [-0.25, -0.2) is 0 Å². The third kappa shape index (κ3) is 3.45. The average Bonchev–Trinajstić information content (AvgIpc) is 3.30. The van der Waals surface area contributed by atoms with Crippen molar-refractivity contribution >= 4 is 11.6 Å². The molecule has 1 atom stereocenters. The van der Waals surface area contributed by atoms with Gasteiger partial charge in [0.25, 0.3) is 5.91 Å². The highest BCUT2D eigenvalue weighted by atomic mass is 19.4. The van der Waals surface area contributed by atoms with Crippen molar-refractivity contribution in [3.8, 4) is 0 Å². The summed E-state index contributed by atoms with van der Waals surface area (Å²) in [5, 5.41) is 6.99. The van der Waals surface area contributed by atoms with Gasteiger partial charge in [0.15, 0.2) is 0 Å². The highest BCUT2D eigenvalue weighted by Gasteiger charge is 2.44. The van der Waals surface area contributed by atoms with E-state index in [0.29, 0.717) is 0 Å². The highest BCUT2D eigenvalue weighted by molar-refractivity contribution is 6.10. The molecule has 0 N–H and O–H groups in total. The Bertz CT molecular complexity index is 1150. The van der Waals surface area contributed by atoms with E-state index in [0.717, 1.165) is 15.5 Å². The smallest absolute Gasteiger partial charge is 0.316 e. The van der Waals surface area contributed by atoms with Gasteiger partial charge in [0, 0.05) is 18.3 Å². The molecule has 0 fully saturated rings. The molecule has 1 amide bonds. The fourth-order valence-corrected chi connectivity index (χ4v) is 3.76. The van der Waals surface area contributed by atoms with E-state index in [1.54, 1.807) is 0 Å². The summed E-state index contributed by atoms with van der Waals surface area (Å²) in [6, 6.07) is 9.32. The number of alkyl halides is 5. The van der Waals surface area contributed by atoms with Gasteiger partial charge in [-0.15, -0.1) is 10.2 Å². The number of rotatable bonds is 4. The highest BCUT2D eigenvalue weighted by Crippen LogP contribution is 2.43. The zero-order valence-corrected chi connectivity index (χ0v) is 16.5. The zero-order chi connectivity index (χ0) is 22.6. The third-order valence-electron chi connectivity index (χ3n) is 5.51. The van der Waals surface area contributed by atoms with Crippen LogP contribution in [0.1, 0.15) is 45.7 Å². The molecule has 0 saturated carbocycles. The van der Waals surface area contributed by atoms with Crippen molar-refractivity contribution < 1.29 is 26.7 Å². The number of aromatic nitrogens is 3. The fourth-order valence-electron chi connectivity index (χ4n) is 3.76. The molecule has 1 aliphatic heterocycles. The maximum atomic E-state index is 15.0. The molecule has 5 nitrogen and oxygen atoms in total. The van der Waals surface area contributed by atoms with Crippen molar-refractivity contribution in [2.75, 3.05) is 4.90 Å². The number of hydrogen-bond donors (Lipinski definition) is 0. The molecule has 31 heavy (non-hydrogen) atoms. The van der Waals surface area contributed by atoms with E-state index in [2.05, 4.69) is 10.2 Å². The van der Waals surface area contributed by atoms with E-state index in [1.807, 2.05) is 0 Å². The maximum absolute atomic E-state index is 15.0. The van der Waals surface area contributed by atoms with Crippen LogP contribution in [0.3, 0.4) is 0 Å². The number of benzene rings is 2. The molecule has 4 rings (SSSR count). The second kappa shape index (κ2) is 7.14. The number of carbonyl (C=O) groups excluding carboxylic acids is 1. The summed E-state index contributed by atoms with van der Waals surface area (Å²) in [5.74, 6) is -5.79. The summed E-state index contributed by atoms with van der Waals surface area (Å²) in [4.78, 5) is 13.9. The Morgan fingerprint density at radius 3 is 2.42 bits per heavy atom. The Morgan fingerprint density at radius 1 is 1.06 bits per heavy atom. The molecule has 0 radical (unpaired) electrons. The Morgan fingerprint density at radius 2 is 1.77 bits per heavy atom. The molecule has 2 heterocycles. The molecule has 162 valence electrons. The van der Waals surface area contributed by atoms with Gasteiger partial charge in [-0.1, -0.05) is 25.1 Å². The second-order valence-electron chi connectivity index (χ2n) is 7.43. The molecule has 2 aromatic carbocycles. The molecule has 0 saturated heterocycles. The lowest BCUT2D eigenvalue weighted by Crippen LogP contribution is -2.26. The number of fused-ring (bicyclic) bond motifs is 1. The van der Waals surface area contributed by atoms with Crippen molar-refractivity contribution in [2.45, 2.75) is 31.5 Å². The minimum Gasteiger partial charge on any atom is -0.316 e. The monoisotopic (exact) mass is 436 g/mol. The van der Waals surface area contributed by atoms with E-state index in [1.165, 1.54) is 56.7 Å². The van der Waals surface area contributed by atoms with Gasteiger partial charge in [-0.3, -0.25) is 4.79 Å². The van der Waals surface area contributed by atoms with Crippen LogP contribution in [-0.2, 0) is 25.7 Å². The van der Waals surface area contributed by atoms with Crippen LogP contribution in [0, 0.1) is 0 Å². The molecule has 3 aromatic rings. The molecule has 1 aliphatic rings. The van der Waals surface area contributed by atoms with Crippen LogP contribution in [0.5, 0.6) is 0 Å². The molecule has 10 heteroatoms. The standard InChI is InChI=1S/C21H17F5N4O/c1-12(20(22,23)19-28-27-11-29(19)2)13-5-3-6-14(9-13)30-10-16-15(18(30)31)7-4-8-17(16)21(24,25)26/h3-9,11-12H,10H2,1-2H3/t12-/m1/s1. The number of amides is 1. The molecular weight excluding hydrogens is 419 g/mol. The number of anilines is 1. The van der Waals surface area contributed by atoms with Gasteiger partial charge in [0.1, 0.15) is 6.33 Å². The fraction of sp³-hybridized carbons (Fsp3) is 0.286. The Labute approximate surface area is 174 Å². The van der Waals surface area contributed by atoms with E-state index in [9.17, 15) is 26.7 Å². The summed E-state index contributed by atoms with van der Waals surface area (Å²) >= 11 is 0. The Balaban J connectivity index is 1.68. The predicted molar refractivity (Wildman–Crippen MR) is 102 cm³/mol. The third-order valence-corrected chi connectivity index (χ3v) is 5.51. The van der Waals surface area contributed by atoms with Gasteiger partial charge >= 0.3 is 12.1 Å². The molecule has 1 aromatic heterocycles. The SMILES string of the molecule is C[C@H](c1cccc(N2Cc3c(cccc3C(F)(F)F)C2=O)c1)C(F)(F)c1nncn1C. The first kappa shape index (κ1) is 21.0. The zero-order valence-electron chi connectivity index (χ0n) is 16.5. The maximum Gasteiger partial charge on any atom is 0.416 e. The number of aryl methyl sites for hydroxylation is 1. The minimum atomic E-state index is -4.60. The summed E-state index contributed by atoms with van der Waals surface area (Å²) in [7, 11) is 1.41. The molecule has 0 spiro atoms. The van der Waals surface area contributed by atoms with Crippen molar-refractivity contribution in [2.24, 2.45) is 7.05 Å². The van der Waals surface area contributed by atoms with Crippen molar-refractivity contribution in [1.29, 1.82) is 0 Å². The number of hydrogen-bond acceptors (Lipinski definition) is 3. The topological polar surface area (TPSA) is 51.0 Å². The molecule has 0 bridgehead atoms. The van der Waals surface area contributed by atoms with Crippen LogP contribution in [-0.4, -0.2) is 20.7 Å². The summed E-state index contributed by atoms with van der Waals surface area (Å²) in [5.41, 5.74) is -0.586. The summed E-state index contributed by atoms with van der Waals surface area (Å²) in [6.45, 7) is 1.03. The van der Waals surface area contributed by atoms with Crippen LogP contribution in [0.4, 0.5) is 27.6 Å². The lowest BCUT2D eigenvalue weighted by atomic mass is 9.93. The Kier molecular flexibility index (Phi) is 4.83. The van der Waals surface area contributed by atoms with Crippen LogP contribution in [0.15, 0.2) is 48.8 Å². The Hall–Kier alpha value is -3.30. The van der Waals surface area contributed by atoms with E-state index < -0.39 is 35.3 Å². The first-order valence-electron chi connectivity index (χ1n) is 9.35. The normalized spacial score (nSPS) is 15.3. The lowest BCUT2D eigenvalue weighted by molar-refractivity contribution is -0.138.